The Kier molecular flexibility index (Phi) is 7.17. The fourth-order valence-corrected chi connectivity index (χ4v) is 2.27. The van der Waals surface area contributed by atoms with Crippen LogP contribution in [0.2, 0.25) is 0 Å². The topological polar surface area (TPSA) is 97.7 Å². The summed E-state index contributed by atoms with van der Waals surface area (Å²) in [6.45, 7) is 1.47. The van der Waals surface area contributed by atoms with Crippen molar-refractivity contribution < 1.29 is 23.8 Å². The second-order valence-electron chi connectivity index (χ2n) is 5.70. The van der Waals surface area contributed by atoms with Gasteiger partial charge in [0.1, 0.15) is 11.5 Å². The smallest absolute Gasteiger partial charge is 0.331 e. The zero-order valence-electron chi connectivity index (χ0n) is 15.8. The Morgan fingerprint density at radius 3 is 2.43 bits per heavy atom. The molecule has 0 aliphatic heterocycles. The molecule has 0 radical (unpaired) electrons. The molecule has 0 saturated carbocycles. The molecule has 0 unspecified atom stereocenters. The van der Waals surface area contributed by atoms with E-state index >= 15 is 0 Å². The summed E-state index contributed by atoms with van der Waals surface area (Å²) in [5, 5.41) is 11.4. The fourth-order valence-electron chi connectivity index (χ4n) is 2.27. The van der Waals surface area contributed by atoms with Crippen LogP contribution >= 0.6 is 0 Å². The molecular weight excluding hydrogens is 360 g/mol. The maximum atomic E-state index is 12.1. The molecular formula is C21H20N2O5. The van der Waals surface area contributed by atoms with Crippen molar-refractivity contribution in [1.29, 1.82) is 5.26 Å². The summed E-state index contributed by atoms with van der Waals surface area (Å²) in [7, 11) is 3.06. The van der Waals surface area contributed by atoms with E-state index < -0.39 is 18.0 Å². The molecule has 0 aromatic heterocycles. The van der Waals surface area contributed by atoms with Gasteiger partial charge in [0, 0.05) is 17.3 Å². The number of amides is 1. The van der Waals surface area contributed by atoms with Gasteiger partial charge in [-0.3, -0.25) is 4.79 Å². The van der Waals surface area contributed by atoms with Crippen molar-refractivity contribution in [3.63, 3.8) is 0 Å². The highest BCUT2D eigenvalue weighted by Gasteiger charge is 2.16. The van der Waals surface area contributed by atoms with Crippen LogP contribution < -0.4 is 14.8 Å². The maximum Gasteiger partial charge on any atom is 0.331 e. The monoisotopic (exact) mass is 380 g/mol. The van der Waals surface area contributed by atoms with Crippen molar-refractivity contribution in [1.82, 2.24) is 0 Å². The quantitative estimate of drug-likeness (QED) is 0.585. The van der Waals surface area contributed by atoms with E-state index in [-0.39, 0.29) is 0 Å². The number of hydrogen-bond donors (Lipinski definition) is 1. The Labute approximate surface area is 163 Å². The number of carbonyl (C=O) groups is 2. The molecule has 0 saturated heterocycles. The number of benzene rings is 2. The highest BCUT2D eigenvalue weighted by atomic mass is 16.5. The lowest BCUT2D eigenvalue weighted by molar-refractivity contribution is -0.148. The van der Waals surface area contributed by atoms with Gasteiger partial charge in [-0.1, -0.05) is 0 Å². The first-order valence-electron chi connectivity index (χ1n) is 8.38. The van der Waals surface area contributed by atoms with Gasteiger partial charge in [0.05, 0.1) is 25.9 Å². The van der Waals surface area contributed by atoms with E-state index in [2.05, 4.69) is 5.32 Å². The molecule has 28 heavy (non-hydrogen) atoms. The summed E-state index contributed by atoms with van der Waals surface area (Å²) in [5.74, 6) is 0.0261. The molecule has 2 aromatic rings. The van der Waals surface area contributed by atoms with Crippen LogP contribution in [0.25, 0.3) is 6.08 Å². The predicted molar refractivity (Wildman–Crippen MR) is 104 cm³/mol. The minimum Gasteiger partial charge on any atom is -0.497 e. The third-order valence-corrected chi connectivity index (χ3v) is 3.78. The number of carbonyl (C=O) groups excluding carboxylic acids is 2. The summed E-state index contributed by atoms with van der Waals surface area (Å²) in [6.07, 6.45) is 1.73. The van der Waals surface area contributed by atoms with Gasteiger partial charge in [0.2, 0.25) is 0 Å². The molecule has 7 nitrogen and oxygen atoms in total. The zero-order valence-corrected chi connectivity index (χ0v) is 15.8. The second-order valence-corrected chi connectivity index (χ2v) is 5.70. The lowest BCUT2D eigenvalue weighted by atomic mass is 10.1. The molecule has 2 rings (SSSR count). The van der Waals surface area contributed by atoms with E-state index in [1.54, 1.807) is 42.5 Å². The van der Waals surface area contributed by atoms with Crippen LogP contribution in [0.5, 0.6) is 11.5 Å². The van der Waals surface area contributed by atoms with Crippen molar-refractivity contribution >= 4 is 23.6 Å². The van der Waals surface area contributed by atoms with Crippen LogP contribution in [0.15, 0.2) is 48.5 Å². The summed E-state index contributed by atoms with van der Waals surface area (Å²) < 4.78 is 15.5. The van der Waals surface area contributed by atoms with Gasteiger partial charge < -0.3 is 19.5 Å². The average Bonchev–Trinajstić information content (AvgIpc) is 2.72. The molecule has 0 aliphatic carbocycles. The Balaban J connectivity index is 1.97. The number of rotatable bonds is 7. The molecule has 0 fully saturated rings. The van der Waals surface area contributed by atoms with Gasteiger partial charge in [0.25, 0.3) is 5.91 Å². The van der Waals surface area contributed by atoms with Gasteiger partial charge in [-0.15, -0.1) is 0 Å². The van der Waals surface area contributed by atoms with Crippen LogP contribution in [-0.4, -0.2) is 32.2 Å². The van der Waals surface area contributed by atoms with Crippen molar-refractivity contribution in [2.24, 2.45) is 0 Å². The van der Waals surface area contributed by atoms with Crippen LogP contribution in [-0.2, 0) is 14.3 Å². The second kappa shape index (κ2) is 9.78. The van der Waals surface area contributed by atoms with E-state index in [1.165, 1.54) is 33.3 Å². The first-order valence-corrected chi connectivity index (χ1v) is 8.38. The molecule has 0 aliphatic rings. The van der Waals surface area contributed by atoms with E-state index in [1.807, 2.05) is 6.07 Å². The van der Waals surface area contributed by atoms with Gasteiger partial charge >= 0.3 is 5.97 Å². The average molecular weight is 380 g/mol. The molecule has 2 aromatic carbocycles. The predicted octanol–water partition coefficient (Wildman–Crippen LogP) is 3.16. The number of nitrogens with zero attached hydrogens (tertiary/aromatic N) is 1. The highest BCUT2D eigenvalue weighted by Crippen LogP contribution is 2.25. The minimum atomic E-state index is -1.00. The Morgan fingerprint density at radius 1 is 1.11 bits per heavy atom. The Morgan fingerprint density at radius 2 is 1.82 bits per heavy atom. The summed E-state index contributed by atoms with van der Waals surface area (Å²) >= 11 is 0. The minimum absolute atomic E-state index is 0.481. The SMILES string of the molecule is COc1ccc(OC)c(/C=C/C(=O)O[C@H](C)C(=O)Nc2ccc(C#N)cc2)c1. The van der Waals surface area contributed by atoms with E-state index in [9.17, 15) is 9.59 Å². The maximum absolute atomic E-state index is 12.1. The summed E-state index contributed by atoms with van der Waals surface area (Å²) in [5.41, 5.74) is 1.62. The van der Waals surface area contributed by atoms with Crippen molar-refractivity contribution in [3.8, 4) is 17.6 Å². The molecule has 0 bridgehead atoms. The van der Waals surface area contributed by atoms with Gasteiger partial charge in [-0.25, -0.2) is 4.79 Å². The van der Waals surface area contributed by atoms with E-state index in [4.69, 9.17) is 19.5 Å². The largest absolute Gasteiger partial charge is 0.497 e. The van der Waals surface area contributed by atoms with Crippen LogP contribution in [0.1, 0.15) is 18.1 Å². The van der Waals surface area contributed by atoms with Gasteiger partial charge in [-0.05, 0) is 55.5 Å². The van der Waals surface area contributed by atoms with Crippen molar-refractivity contribution in [2.75, 3.05) is 19.5 Å². The van der Waals surface area contributed by atoms with Crippen LogP contribution in [0.3, 0.4) is 0 Å². The normalized spacial score (nSPS) is 11.4. The van der Waals surface area contributed by atoms with Gasteiger partial charge in [-0.2, -0.15) is 5.26 Å². The molecule has 1 N–H and O–H groups in total. The lowest BCUT2D eigenvalue weighted by Gasteiger charge is -2.12. The molecule has 7 heteroatoms. The molecule has 144 valence electrons. The van der Waals surface area contributed by atoms with Crippen molar-refractivity contribution in [2.45, 2.75) is 13.0 Å². The van der Waals surface area contributed by atoms with Crippen LogP contribution in [0, 0.1) is 11.3 Å². The summed E-state index contributed by atoms with van der Waals surface area (Å²) in [4.78, 5) is 24.2. The third kappa shape index (κ3) is 5.61. The first-order chi connectivity index (χ1) is 13.5. The number of methoxy groups -OCH3 is 2. The van der Waals surface area contributed by atoms with Gasteiger partial charge in [0.15, 0.2) is 6.10 Å². The number of hydrogen-bond acceptors (Lipinski definition) is 6. The fraction of sp³-hybridized carbons (Fsp3) is 0.190. The standard InChI is InChI=1S/C21H20N2O5/c1-14(21(25)23-17-7-4-15(13-22)5-8-17)28-20(24)11-6-16-12-18(26-2)9-10-19(16)27-3/h4-12,14H,1-3H3,(H,23,25)/b11-6+/t14-/m1/s1. The lowest BCUT2D eigenvalue weighted by Crippen LogP contribution is -2.29. The van der Waals surface area contributed by atoms with Crippen molar-refractivity contribution in [3.05, 3.63) is 59.7 Å². The number of anilines is 1. The zero-order chi connectivity index (χ0) is 20.5. The highest BCUT2D eigenvalue weighted by molar-refractivity contribution is 5.96. The molecule has 0 spiro atoms. The Bertz CT molecular complexity index is 913. The molecule has 1 amide bonds. The first kappa shape index (κ1) is 20.5. The van der Waals surface area contributed by atoms with E-state index in [0.29, 0.717) is 28.3 Å². The van der Waals surface area contributed by atoms with E-state index in [0.717, 1.165) is 0 Å². The number of ether oxygens (including phenoxy) is 3. The molecule has 0 heterocycles. The number of nitrogens with one attached hydrogen (secondary N) is 1. The third-order valence-electron chi connectivity index (χ3n) is 3.78. The summed E-state index contributed by atoms with van der Waals surface area (Å²) in [6, 6.07) is 13.5. The number of esters is 1. The van der Waals surface area contributed by atoms with Crippen LogP contribution in [0.4, 0.5) is 5.69 Å². The Hall–Kier alpha value is -3.79. The molecule has 1 atom stereocenters. The number of nitriles is 1.